The van der Waals surface area contributed by atoms with Gasteiger partial charge in [0.15, 0.2) is 17.4 Å². The molecule has 0 atom stereocenters. The minimum Gasteiger partial charge on any atom is -0.487 e. The van der Waals surface area contributed by atoms with E-state index in [2.05, 4.69) is 17.3 Å². The topological polar surface area (TPSA) is 24.5 Å². The maximum absolute atomic E-state index is 14.3. The summed E-state index contributed by atoms with van der Waals surface area (Å²) in [6.45, 7) is 4.25. The molecular formula is C18H26F2N2O. The van der Waals surface area contributed by atoms with E-state index in [4.69, 9.17) is 4.74 Å². The number of piperidine rings is 2. The number of hydrogen-bond donors (Lipinski definition) is 1. The number of halogens is 2. The first-order chi connectivity index (χ1) is 11.1. The van der Waals surface area contributed by atoms with Gasteiger partial charge in [0, 0.05) is 0 Å². The Bertz CT molecular complexity index is 501. The van der Waals surface area contributed by atoms with E-state index in [0.29, 0.717) is 12.5 Å². The van der Waals surface area contributed by atoms with Crippen LogP contribution in [0.4, 0.5) is 8.78 Å². The number of nitrogens with zero attached hydrogens (tertiary/aromatic N) is 1. The molecule has 2 fully saturated rings. The van der Waals surface area contributed by atoms with Gasteiger partial charge in [-0.05, 0) is 88.4 Å². The van der Waals surface area contributed by atoms with Crippen molar-refractivity contribution in [2.45, 2.75) is 31.6 Å². The molecule has 2 aliphatic rings. The molecule has 23 heavy (non-hydrogen) atoms. The molecule has 0 saturated carbocycles. The molecule has 0 bridgehead atoms. The Morgan fingerprint density at radius 1 is 1.09 bits per heavy atom. The lowest BCUT2D eigenvalue weighted by molar-refractivity contribution is 0.153. The maximum atomic E-state index is 14.3. The molecule has 128 valence electrons. The molecule has 5 heteroatoms. The summed E-state index contributed by atoms with van der Waals surface area (Å²) in [5, 5.41) is 3.27. The zero-order chi connectivity index (χ0) is 16.2. The van der Waals surface area contributed by atoms with Gasteiger partial charge in [0.05, 0.1) is 6.61 Å². The average Bonchev–Trinajstić information content (AvgIpc) is 2.56. The molecule has 1 aromatic rings. The minimum atomic E-state index is -0.563. The van der Waals surface area contributed by atoms with E-state index < -0.39 is 11.6 Å². The highest BCUT2D eigenvalue weighted by Gasteiger charge is 2.22. The molecule has 0 radical (unpaired) electrons. The van der Waals surface area contributed by atoms with Crippen LogP contribution in [0.1, 0.15) is 37.2 Å². The van der Waals surface area contributed by atoms with Gasteiger partial charge in [-0.1, -0.05) is 0 Å². The molecule has 0 unspecified atom stereocenters. The van der Waals surface area contributed by atoms with E-state index >= 15 is 0 Å². The van der Waals surface area contributed by atoms with Crippen LogP contribution in [0.3, 0.4) is 0 Å². The van der Waals surface area contributed by atoms with Crippen LogP contribution in [0, 0.1) is 17.6 Å². The predicted octanol–water partition coefficient (Wildman–Crippen LogP) is 3.15. The summed E-state index contributed by atoms with van der Waals surface area (Å²) in [6, 6.07) is 2.92. The fourth-order valence-electron chi connectivity index (χ4n) is 3.54. The van der Waals surface area contributed by atoms with E-state index in [1.165, 1.54) is 12.1 Å². The van der Waals surface area contributed by atoms with Crippen molar-refractivity contribution in [3.8, 4) is 5.75 Å². The van der Waals surface area contributed by atoms with Gasteiger partial charge in [-0.3, -0.25) is 0 Å². The maximum Gasteiger partial charge on any atom is 0.190 e. The minimum absolute atomic E-state index is 0.207. The fraction of sp³-hybridized carbons (Fsp3) is 0.667. The molecule has 2 heterocycles. The van der Waals surface area contributed by atoms with Crippen LogP contribution in [0.2, 0.25) is 0 Å². The van der Waals surface area contributed by atoms with Gasteiger partial charge in [-0.25, -0.2) is 8.78 Å². The van der Waals surface area contributed by atoms with E-state index in [1.807, 2.05) is 0 Å². The van der Waals surface area contributed by atoms with Crippen LogP contribution < -0.4 is 10.1 Å². The summed E-state index contributed by atoms with van der Waals surface area (Å²) in [6.07, 6.45) is 3.89. The molecular weight excluding hydrogens is 298 g/mol. The second kappa shape index (κ2) is 7.58. The third kappa shape index (κ3) is 4.21. The van der Waals surface area contributed by atoms with Crippen molar-refractivity contribution < 1.29 is 13.5 Å². The van der Waals surface area contributed by atoms with E-state index in [1.54, 1.807) is 0 Å². The largest absolute Gasteiger partial charge is 0.487 e. The van der Waals surface area contributed by atoms with Crippen LogP contribution in [-0.2, 0) is 0 Å². The van der Waals surface area contributed by atoms with Crippen LogP contribution in [0.5, 0.6) is 5.75 Å². The quantitative estimate of drug-likeness (QED) is 0.921. The average molecular weight is 324 g/mol. The predicted molar refractivity (Wildman–Crippen MR) is 86.9 cm³/mol. The van der Waals surface area contributed by atoms with Gasteiger partial charge < -0.3 is 15.0 Å². The lowest BCUT2D eigenvalue weighted by Crippen LogP contribution is -2.32. The standard InChI is InChI=1S/C18H26F2N2O/c1-22-8-4-13(5-9-22)12-23-18-16(19)10-15(11-17(18)20)14-2-6-21-7-3-14/h10-11,13-14,21H,2-9,12H2,1H3. The third-order valence-electron chi connectivity index (χ3n) is 5.13. The zero-order valence-corrected chi connectivity index (χ0v) is 13.8. The van der Waals surface area contributed by atoms with Gasteiger partial charge in [0.2, 0.25) is 0 Å². The Labute approximate surface area is 137 Å². The summed E-state index contributed by atoms with van der Waals surface area (Å²) in [5.74, 6) is -0.711. The highest BCUT2D eigenvalue weighted by Crippen LogP contribution is 2.31. The third-order valence-corrected chi connectivity index (χ3v) is 5.13. The SMILES string of the molecule is CN1CCC(COc2c(F)cc(C3CCNCC3)cc2F)CC1. The fourth-order valence-corrected chi connectivity index (χ4v) is 3.54. The number of hydrogen-bond acceptors (Lipinski definition) is 3. The molecule has 3 rings (SSSR count). The molecule has 0 amide bonds. The van der Waals surface area contributed by atoms with Crippen molar-refractivity contribution in [2.24, 2.45) is 5.92 Å². The zero-order valence-electron chi connectivity index (χ0n) is 13.8. The van der Waals surface area contributed by atoms with Gasteiger partial charge >= 0.3 is 0 Å². The summed E-state index contributed by atoms with van der Waals surface area (Å²) in [4.78, 5) is 2.27. The van der Waals surface area contributed by atoms with Crippen molar-refractivity contribution in [2.75, 3.05) is 39.8 Å². The van der Waals surface area contributed by atoms with E-state index in [9.17, 15) is 8.78 Å². The molecule has 0 spiro atoms. The lowest BCUT2D eigenvalue weighted by Gasteiger charge is -2.29. The molecule has 1 N–H and O–H groups in total. The second-order valence-corrected chi connectivity index (χ2v) is 6.90. The Hall–Kier alpha value is -1.20. The summed E-state index contributed by atoms with van der Waals surface area (Å²) in [7, 11) is 2.09. The Morgan fingerprint density at radius 2 is 1.70 bits per heavy atom. The van der Waals surface area contributed by atoms with Crippen LogP contribution in [-0.4, -0.2) is 44.7 Å². The molecule has 2 aliphatic heterocycles. The number of benzene rings is 1. The molecule has 3 nitrogen and oxygen atoms in total. The molecule has 0 aromatic heterocycles. The van der Waals surface area contributed by atoms with Crippen molar-refractivity contribution in [1.29, 1.82) is 0 Å². The normalized spacial score (nSPS) is 21.5. The van der Waals surface area contributed by atoms with Crippen LogP contribution in [0.15, 0.2) is 12.1 Å². The summed E-state index contributed by atoms with van der Waals surface area (Å²) < 4.78 is 34.1. The van der Waals surface area contributed by atoms with E-state index in [-0.39, 0.29) is 11.7 Å². The van der Waals surface area contributed by atoms with Gasteiger partial charge in [0.25, 0.3) is 0 Å². The Morgan fingerprint density at radius 3 is 2.30 bits per heavy atom. The summed E-state index contributed by atoms with van der Waals surface area (Å²) >= 11 is 0. The van der Waals surface area contributed by atoms with Crippen LogP contribution in [0.25, 0.3) is 0 Å². The number of rotatable bonds is 4. The molecule has 1 aromatic carbocycles. The van der Waals surface area contributed by atoms with Crippen molar-refractivity contribution >= 4 is 0 Å². The molecule has 0 aliphatic carbocycles. The number of nitrogens with one attached hydrogen (secondary N) is 1. The van der Waals surface area contributed by atoms with Crippen molar-refractivity contribution in [1.82, 2.24) is 10.2 Å². The lowest BCUT2D eigenvalue weighted by atomic mass is 9.90. The number of likely N-dealkylation sites (tertiary alicyclic amines) is 1. The number of ether oxygens (including phenoxy) is 1. The van der Waals surface area contributed by atoms with Gasteiger partial charge in [0.1, 0.15) is 0 Å². The second-order valence-electron chi connectivity index (χ2n) is 6.90. The smallest absolute Gasteiger partial charge is 0.190 e. The highest BCUT2D eigenvalue weighted by molar-refractivity contribution is 5.33. The monoisotopic (exact) mass is 324 g/mol. The van der Waals surface area contributed by atoms with Crippen LogP contribution >= 0.6 is 0 Å². The van der Waals surface area contributed by atoms with Crippen molar-refractivity contribution in [3.63, 3.8) is 0 Å². The first-order valence-electron chi connectivity index (χ1n) is 8.64. The van der Waals surface area contributed by atoms with E-state index in [0.717, 1.165) is 57.4 Å². The highest BCUT2D eigenvalue weighted by atomic mass is 19.1. The van der Waals surface area contributed by atoms with Crippen molar-refractivity contribution in [3.05, 3.63) is 29.3 Å². The molecule has 2 saturated heterocycles. The van der Waals surface area contributed by atoms with Gasteiger partial charge in [-0.2, -0.15) is 0 Å². The first-order valence-corrected chi connectivity index (χ1v) is 8.64. The first kappa shape index (κ1) is 16.7. The van der Waals surface area contributed by atoms with Gasteiger partial charge in [-0.15, -0.1) is 0 Å². The Kier molecular flexibility index (Phi) is 5.49. The summed E-state index contributed by atoms with van der Waals surface area (Å²) in [5.41, 5.74) is 0.758. The Balaban J connectivity index is 1.63.